The van der Waals surface area contributed by atoms with E-state index in [1.54, 1.807) is 7.11 Å². The van der Waals surface area contributed by atoms with Crippen molar-refractivity contribution in [2.45, 2.75) is 57.8 Å². The van der Waals surface area contributed by atoms with Gasteiger partial charge in [0.1, 0.15) is 0 Å². The van der Waals surface area contributed by atoms with Gasteiger partial charge in [0, 0.05) is 27.2 Å². The molecule has 20 heavy (non-hydrogen) atoms. The van der Waals surface area contributed by atoms with Gasteiger partial charge in [0.2, 0.25) is 0 Å². The van der Waals surface area contributed by atoms with E-state index in [2.05, 4.69) is 0 Å². The van der Waals surface area contributed by atoms with Crippen LogP contribution in [0.15, 0.2) is 0 Å². The standard InChI is InChI=1S/C17H30O3/c1-4-20-16(19-3)10-15(18-2)14-8-7-13-11-5-6-12(9-11)17(13)14/h11-17H,4-10H2,1-3H3/t11?,12?,13-,14?,15?,16?,17+/m0/s1. The molecule has 0 heterocycles. The number of fused-ring (bicyclic) bond motifs is 5. The number of hydrogen-bond acceptors (Lipinski definition) is 3. The highest BCUT2D eigenvalue weighted by atomic mass is 16.7. The van der Waals surface area contributed by atoms with E-state index in [9.17, 15) is 0 Å². The highest BCUT2D eigenvalue weighted by Crippen LogP contribution is 2.61. The minimum Gasteiger partial charge on any atom is -0.381 e. The van der Waals surface area contributed by atoms with Gasteiger partial charge in [-0.25, -0.2) is 0 Å². The summed E-state index contributed by atoms with van der Waals surface area (Å²) in [7, 11) is 3.60. The summed E-state index contributed by atoms with van der Waals surface area (Å²) in [4.78, 5) is 0. The molecule has 0 aromatic heterocycles. The first-order chi connectivity index (χ1) is 9.78. The average Bonchev–Trinajstić information content (AvgIpc) is 3.15. The molecule has 3 aliphatic rings. The highest BCUT2D eigenvalue weighted by Gasteiger charge is 2.54. The zero-order valence-electron chi connectivity index (χ0n) is 13.2. The van der Waals surface area contributed by atoms with Crippen molar-refractivity contribution in [3.63, 3.8) is 0 Å². The minimum atomic E-state index is -0.109. The molecule has 0 radical (unpaired) electrons. The van der Waals surface area contributed by atoms with Crippen LogP contribution < -0.4 is 0 Å². The van der Waals surface area contributed by atoms with Crippen LogP contribution in [0.4, 0.5) is 0 Å². The van der Waals surface area contributed by atoms with Gasteiger partial charge in [0.15, 0.2) is 6.29 Å². The van der Waals surface area contributed by atoms with Crippen molar-refractivity contribution in [1.29, 1.82) is 0 Å². The van der Waals surface area contributed by atoms with Crippen molar-refractivity contribution in [3.05, 3.63) is 0 Å². The Balaban J connectivity index is 1.64. The largest absolute Gasteiger partial charge is 0.381 e. The molecule has 5 unspecified atom stereocenters. The van der Waals surface area contributed by atoms with E-state index in [4.69, 9.17) is 14.2 Å². The van der Waals surface area contributed by atoms with Crippen LogP contribution in [0, 0.1) is 29.6 Å². The predicted molar refractivity (Wildman–Crippen MR) is 78.4 cm³/mol. The second-order valence-electron chi connectivity index (χ2n) is 6.95. The van der Waals surface area contributed by atoms with Crippen LogP contribution >= 0.6 is 0 Å². The molecule has 0 aromatic rings. The van der Waals surface area contributed by atoms with Gasteiger partial charge < -0.3 is 14.2 Å². The Morgan fingerprint density at radius 3 is 2.50 bits per heavy atom. The minimum absolute atomic E-state index is 0.109. The fourth-order valence-corrected chi connectivity index (χ4v) is 5.62. The maximum Gasteiger partial charge on any atom is 0.159 e. The third-order valence-electron chi connectivity index (χ3n) is 6.31. The van der Waals surface area contributed by atoms with Crippen LogP contribution in [0.3, 0.4) is 0 Å². The summed E-state index contributed by atoms with van der Waals surface area (Å²) in [5.41, 5.74) is 0. The maximum absolute atomic E-state index is 5.87. The van der Waals surface area contributed by atoms with Crippen molar-refractivity contribution in [2.24, 2.45) is 29.6 Å². The molecule has 2 bridgehead atoms. The summed E-state index contributed by atoms with van der Waals surface area (Å²) in [6.07, 6.45) is 8.33. The second kappa shape index (κ2) is 6.33. The van der Waals surface area contributed by atoms with E-state index in [0.717, 1.165) is 36.0 Å². The lowest BCUT2D eigenvalue weighted by molar-refractivity contribution is -0.149. The van der Waals surface area contributed by atoms with Crippen LogP contribution in [0.1, 0.15) is 45.4 Å². The van der Waals surface area contributed by atoms with E-state index < -0.39 is 0 Å². The predicted octanol–water partition coefficient (Wildman–Crippen LogP) is 3.47. The van der Waals surface area contributed by atoms with Crippen LogP contribution in [-0.4, -0.2) is 33.2 Å². The van der Waals surface area contributed by atoms with E-state index in [-0.39, 0.29) is 6.29 Å². The molecule has 116 valence electrons. The highest BCUT2D eigenvalue weighted by molar-refractivity contribution is 5.04. The normalized spacial score (nSPS) is 41.9. The number of hydrogen-bond donors (Lipinski definition) is 0. The first-order valence-electron chi connectivity index (χ1n) is 8.45. The zero-order chi connectivity index (χ0) is 14.1. The van der Waals surface area contributed by atoms with Crippen molar-refractivity contribution in [2.75, 3.05) is 20.8 Å². The number of rotatable bonds is 7. The Kier molecular flexibility index (Phi) is 4.68. The molecule has 0 N–H and O–H groups in total. The third-order valence-corrected chi connectivity index (χ3v) is 6.31. The summed E-state index contributed by atoms with van der Waals surface area (Å²) in [5, 5.41) is 0. The summed E-state index contributed by atoms with van der Waals surface area (Å²) < 4.78 is 17.0. The Morgan fingerprint density at radius 1 is 1.00 bits per heavy atom. The molecule has 0 aliphatic heterocycles. The quantitative estimate of drug-likeness (QED) is 0.669. The fourth-order valence-electron chi connectivity index (χ4n) is 5.62. The van der Waals surface area contributed by atoms with E-state index >= 15 is 0 Å². The topological polar surface area (TPSA) is 27.7 Å². The molecule has 0 saturated heterocycles. The summed E-state index contributed by atoms with van der Waals surface area (Å²) in [6, 6.07) is 0. The van der Waals surface area contributed by atoms with E-state index in [1.165, 1.54) is 32.1 Å². The van der Waals surface area contributed by atoms with Crippen LogP contribution in [0.5, 0.6) is 0 Å². The summed E-state index contributed by atoms with van der Waals surface area (Å²) in [5.74, 6) is 4.70. The van der Waals surface area contributed by atoms with Gasteiger partial charge in [-0.05, 0) is 68.6 Å². The van der Waals surface area contributed by atoms with E-state index in [1.807, 2.05) is 14.0 Å². The molecule has 3 saturated carbocycles. The van der Waals surface area contributed by atoms with Crippen molar-refractivity contribution in [1.82, 2.24) is 0 Å². The Bertz CT molecular complexity index is 319. The van der Waals surface area contributed by atoms with E-state index in [0.29, 0.717) is 12.7 Å². The molecule has 3 fully saturated rings. The lowest BCUT2D eigenvalue weighted by Gasteiger charge is -2.34. The molecule has 0 aromatic carbocycles. The molecule has 7 atom stereocenters. The van der Waals surface area contributed by atoms with Gasteiger partial charge in [0.25, 0.3) is 0 Å². The van der Waals surface area contributed by atoms with Crippen molar-refractivity contribution < 1.29 is 14.2 Å². The lowest BCUT2D eigenvalue weighted by Crippen LogP contribution is -2.35. The Morgan fingerprint density at radius 2 is 1.80 bits per heavy atom. The summed E-state index contributed by atoms with van der Waals surface area (Å²) >= 11 is 0. The van der Waals surface area contributed by atoms with Gasteiger partial charge in [-0.3, -0.25) is 0 Å². The average molecular weight is 282 g/mol. The van der Waals surface area contributed by atoms with Gasteiger partial charge in [-0.2, -0.15) is 0 Å². The van der Waals surface area contributed by atoms with Gasteiger partial charge in [-0.15, -0.1) is 0 Å². The maximum atomic E-state index is 5.87. The number of methoxy groups -OCH3 is 2. The van der Waals surface area contributed by atoms with Gasteiger partial charge in [0.05, 0.1) is 6.10 Å². The van der Waals surface area contributed by atoms with Gasteiger partial charge in [-0.1, -0.05) is 0 Å². The first kappa shape index (κ1) is 14.8. The third kappa shape index (κ3) is 2.53. The second-order valence-corrected chi connectivity index (χ2v) is 6.95. The molecule has 0 spiro atoms. The van der Waals surface area contributed by atoms with Crippen LogP contribution in [0.2, 0.25) is 0 Å². The monoisotopic (exact) mass is 282 g/mol. The molecule has 0 amide bonds. The fraction of sp³-hybridized carbons (Fsp3) is 1.00. The van der Waals surface area contributed by atoms with Crippen LogP contribution in [0.25, 0.3) is 0 Å². The van der Waals surface area contributed by atoms with Crippen molar-refractivity contribution in [3.8, 4) is 0 Å². The molecule has 3 aliphatic carbocycles. The van der Waals surface area contributed by atoms with Crippen LogP contribution in [-0.2, 0) is 14.2 Å². The summed E-state index contributed by atoms with van der Waals surface area (Å²) in [6.45, 7) is 2.73. The zero-order valence-corrected chi connectivity index (χ0v) is 13.2. The lowest BCUT2D eigenvalue weighted by atomic mass is 9.76. The first-order valence-corrected chi connectivity index (χ1v) is 8.45. The smallest absolute Gasteiger partial charge is 0.159 e. The number of ether oxygens (including phenoxy) is 3. The Labute approximate surface area is 123 Å². The molecule has 3 rings (SSSR count). The SMILES string of the molecule is CCOC(CC(OC)C1CC[C@H]2C3CCC(C3)[C@@H]12)OC. The molecular formula is C17H30O3. The van der Waals surface area contributed by atoms with Gasteiger partial charge >= 0.3 is 0 Å². The Hall–Kier alpha value is -0.120. The molecule has 3 nitrogen and oxygen atoms in total. The van der Waals surface area contributed by atoms with Crippen molar-refractivity contribution >= 4 is 0 Å². The molecule has 3 heteroatoms. The molecular weight excluding hydrogens is 252 g/mol.